The summed E-state index contributed by atoms with van der Waals surface area (Å²) in [7, 11) is 0. The highest BCUT2D eigenvalue weighted by Crippen LogP contribution is 2.21. The molecule has 2 aromatic rings. The van der Waals surface area contributed by atoms with E-state index in [0.29, 0.717) is 5.88 Å². The van der Waals surface area contributed by atoms with E-state index in [4.69, 9.17) is 11.2 Å². The lowest BCUT2D eigenvalue weighted by Crippen LogP contribution is -1.96. The van der Waals surface area contributed by atoms with Crippen molar-refractivity contribution in [2.75, 3.05) is 6.61 Å². The number of fused-ring (bicyclic) bond motifs is 1. The van der Waals surface area contributed by atoms with Crippen LogP contribution in [0.4, 0.5) is 0 Å². The third-order valence-electron chi connectivity index (χ3n) is 1.93. The number of aromatic nitrogens is 1. The molecule has 0 aliphatic rings. The quantitative estimate of drug-likeness (QED) is 0.666. The largest absolute Gasteiger partial charge is 0.464 e. The summed E-state index contributed by atoms with van der Waals surface area (Å²) in [6.07, 6.45) is 6.83. The number of terminal acetylenes is 1. The number of benzene rings is 1. The van der Waals surface area contributed by atoms with Crippen LogP contribution in [0.15, 0.2) is 36.5 Å². The third-order valence-corrected chi connectivity index (χ3v) is 1.93. The van der Waals surface area contributed by atoms with Crippen molar-refractivity contribution >= 4 is 10.8 Å². The Bertz CT molecular complexity index is 480. The smallest absolute Gasteiger partial charge is 0.222 e. The molecule has 14 heavy (non-hydrogen) atoms. The predicted molar refractivity (Wildman–Crippen MR) is 56.1 cm³/mol. The molecule has 0 amide bonds. The van der Waals surface area contributed by atoms with Crippen LogP contribution in [0.2, 0.25) is 0 Å². The molecule has 2 nitrogen and oxygen atoms in total. The summed E-state index contributed by atoms with van der Waals surface area (Å²) >= 11 is 0. The van der Waals surface area contributed by atoms with E-state index in [1.54, 1.807) is 6.20 Å². The Morgan fingerprint density at radius 3 is 3.00 bits per heavy atom. The Morgan fingerprint density at radius 1 is 1.29 bits per heavy atom. The molecule has 0 saturated heterocycles. The molecule has 0 radical (unpaired) electrons. The van der Waals surface area contributed by atoms with E-state index in [9.17, 15) is 0 Å². The molecule has 0 unspecified atom stereocenters. The van der Waals surface area contributed by atoms with Crippen molar-refractivity contribution in [3.05, 3.63) is 36.5 Å². The maximum atomic E-state index is 5.32. The van der Waals surface area contributed by atoms with Crippen LogP contribution in [0, 0.1) is 12.3 Å². The summed E-state index contributed by atoms with van der Waals surface area (Å²) in [6, 6.07) is 9.85. The molecule has 1 aromatic carbocycles. The third kappa shape index (κ3) is 1.53. The summed E-state index contributed by atoms with van der Waals surface area (Å²) < 4.78 is 5.32. The van der Waals surface area contributed by atoms with Crippen LogP contribution >= 0.6 is 0 Å². The van der Waals surface area contributed by atoms with Crippen LogP contribution in [-0.4, -0.2) is 11.6 Å². The zero-order valence-corrected chi connectivity index (χ0v) is 7.60. The maximum Gasteiger partial charge on any atom is 0.222 e. The maximum absolute atomic E-state index is 5.32. The number of rotatable bonds is 2. The topological polar surface area (TPSA) is 22.1 Å². The molecule has 0 saturated carbocycles. The molecule has 68 valence electrons. The van der Waals surface area contributed by atoms with Gasteiger partial charge in [0.15, 0.2) is 6.61 Å². The molecule has 0 atom stereocenters. The molecule has 0 fully saturated rings. The zero-order valence-electron chi connectivity index (χ0n) is 7.60. The van der Waals surface area contributed by atoms with Crippen molar-refractivity contribution in [3.8, 4) is 18.2 Å². The molecule has 0 spiro atoms. The minimum Gasteiger partial charge on any atom is -0.464 e. The van der Waals surface area contributed by atoms with Gasteiger partial charge >= 0.3 is 0 Å². The van der Waals surface area contributed by atoms with E-state index in [0.717, 1.165) is 10.8 Å². The molecule has 2 heteroatoms. The van der Waals surface area contributed by atoms with Crippen molar-refractivity contribution in [3.63, 3.8) is 0 Å². The van der Waals surface area contributed by atoms with E-state index in [1.165, 1.54) is 0 Å². The van der Waals surface area contributed by atoms with Gasteiger partial charge in [0.1, 0.15) is 0 Å². The van der Waals surface area contributed by atoms with Crippen molar-refractivity contribution in [1.82, 2.24) is 4.98 Å². The van der Waals surface area contributed by atoms with Gasteiger partial charge in [-0.05, 0) is 17.5 Å². The standard InChI is InChI=1S/C12H9NO/c1-2-9-14-12-11-6-4-3-5-10(11)7-8-13-12/h1,3-8H,9H2. The molecular formula is C12H9NO. The number of ether oxygens (including phenoxy) is 1. The van der Waals surface area contributed by atoms with Gasteiger partial charge in [0.25, 0.3) is 0 Å². The minimum atomic E-state index is 0.251. The first-order valence-corrected chi connectivity index (χ1v) is 4.32. The van der Waals surface area contributed by atoms with Gasteiger partial charge < -0.3 is 4.74 Å². The minimum absolute atomic E-state index is 0.251. The van der Waals surface area contributed by atoms with Crippen LogP contribution in [0.5, 0.6) is 5.88 Å². The second-order valence-electron chi connectivity index (χ2n) is 2.83. The molecule has 0 N–H and O–H groups in total. The van der Waals surface area contributed by atoms with E-state index in [1.807, 2.05) is 30.3 Å². The van der Waals surface area contributed by atoms with Crippen LogP contribution in [0.1, 0.15) is 0 Å². The van der Waals surface area contributed by atoms with Crippen molar-refractivity contribution in [2.45, 2.75) is 0 Å². The van der Waals surface area contributed by atoms with E-state index >= 15 is 0 Å². The van der Waals surface area contributed by atoms with E-state index in [2.05, 4.69) is 10.9 Å². The van der Waals surface area contributed by atoms with Gasteiger partial charge in [-0.1, -0.05) is 24.1 Å². The molecule has 2 rings (SSSR count). The fraction of sp³-hybridized carbons (Fsp3) is 0.0833. The first-order chi connectivity index (χ1) is 6.92. The van der Waals surface area contributed by atoms with Gasteiger partial charge in [-0.25, -0.2) is 4.98 Å². The fourth-order valence-corrected chi connectivity index (χ4v) is 1.32. The highest BCUT2D eigenvalue weighted by atomic mass is 16.5. The highest BCUT2D eigenvalue weighted by molar-refractivity contribution is 5.86. The monoisotopic (exact) mass is 183 g/mol. The van der Waals surface area contributed by atoms with E-state index in [-0.39, 0.29) is 6.61 Å². The first kappa shape index (κ1) is 8.58. The van der Waals surface area contributed by atoms with Crippen LogP contribution < -0.4 is 4.74 Å². The van der Waals surface area contributed by atoms with E-state index < -0.39 is 0 Å². The van der Waals surface area contributed by atoms with Gasteiger partial charge in [-0.3, -0.25) is 0 Å². The van der Waals surface area contributed by atoms with Gasteiger partial charge in [0, 0.05) is 11.6 Å². The summed E-state index contributed by atoms with van der Waals surface area (Å²) in [6.45, 7) is 0.251. The number of hydrogen-bond donors (Lipinski definition) is 0. The Kier molecular flexibility index (Phi) is 2.33. The van der Waals surface area contributed by atoms with Gasteiger partial charge in [0.05, 0.1) is 0 Å². The Morgan fingerprint density at radius 2 is 2.14 bits per heavy atom. The van der Waals surface area contributed by atoms with Crippen molar-refractivity contribution in [2.24, 2.45) is 0 Å². The number of hydrogen-bond acceptors (Lipinski definition) is 2. The Hall–Kier alpha value is -2.01. The van der Waals surface area contributed by atoms with Crippen LogP contribution in [0.25, 0.3) is 10.8 Å². The molecule has 0 aliphatic carbocycles. The molecule has 0 bridgehead atoms. The zero-order chi connectivity index (χ0) is 9.80. The molecule has 1 heterocycles. The van der Waals surface area contributed by atoms with Crippen molar-refractivity contribution < 1.29 is 4.74 Å². The molecule has 1 aromatic heterocycles. The van der Waals surface area contributed by atoms with Gasteiger partial charge in [-0.15, -0.1) is 6.42 Å². The molecular weight excluding hydrogens is 174 g/mol. The predicted octanol–water partition coefficient (Wildman–Crippen LogP) is 2.25. The Labute approximate surface area is 82.5 Å². The lowest BCUT2D eigenvalue weighted by Gasteiger charge is -2.04. The van der Waals surface area contributed by atoms with Gasteiger partial charge in [-0.2, -0.15) is 0 Å². The Balaban J connectivity index is 2.49. The average molecular weight is 183 g/mol. The lowest BCUT2D eigenvalue weighted by molar-refractivity contribution is 0.360. The summed E-state index contributed by atoms with van der Waals surface area (Å²) in [5.74, 6) is 3.02. The molecule has 0 aliphatic heterocycles. The normalized spacial score (nSPS) is 9.64. The highest BCUT2D eigenvalue weighted by Gasteiger charge is 2.00. The van der Waals surface area contributed by atoms with Gasteiger partial charge in [0.2, 0.25) is 5.88 Å². The summed E-state index contributed by atoms with van der Waals surface area (Å²) in [4.78, 5) is 4.13. The SMILES string of the molecule is C#CCOc1nccc2ccccc12. The second kappa shape index (κ2) is 3.80. The van der Waals surface area contributed by atoms with Crippen LogP contribution in [-0.2, 0) is 0 Å². The number of nitrogens with zero attached hydrogens (tertiary/aromatic N) is 1. The number of pyridine rings is 1. The van der Waals surface area contributed by atoms with Crippen molar-refractivity contribution in [1.29, 1.82) is 0 Å². The first-order valence-electron chi connectivity index (χ1n) is 4.32. The fourth-order valence-electron chi connectivity index (χ4n) is 1.32. The summed E-state index contributed by atoms with van der Waals surface area (Å²) in [5.41, 5.74) is 0. The lowest BCUT2D eigenvalue weighted by atomic mass is 10.2. The van der Waals surface area contributed by atoms with Crippen LogP contribution in [0.3, 0.4) is 0 Å². The average Bonchev–Trinajstić information content (AvgIpc) is 2.26. The second-order valence-corrected chi connectivity index (χ2v) is 2.83. The summed E-state index contributed by atoms with van der Waals surface area (Å²) in [5, 5.41) is 2.10.